The Morgan fingerprint density at radius 2 is 1.00 bits per heavy atom. The van der Waals surface area contributed by atoms with Crippen molar-refractivity contribution in [1.82, 2.24) is 0 Å². The zero-order valence-electron chi connectivity index (χ0n) is 15.3. The molecule has 1 aromatic carbocycles. The van der Waals surface area contributed by atoms with E-state index in [1.54, 1.807) is 12.1 Å². The zero-order chi connectivity index (χ0) is 14.5. The van der Waals surface area contributed by atoms with Crippen LogP contribution in [0.15, 0.2) is 33.7 Å². The molecule has 0 saturated heterocycles. The van der Waals surface area contributed by atoms with Gasteiger partial charge in [-0.2, -0.15) is 0 Å². The number of rotatable bonds is 1. The van der Waals surface area contributed by atoms with E-state index in [1.165, 1.54) is 85.1 Å². The fraction of sp³-hybridized carbons (Fsp3) is 0.500. The summed E-state index contributed by atoms with van der Waals surface area (Å²) >= 11 is 1.17. The summed E-state index contributed by atoms with van der Waals surface area (Å²) in [5.41, 5.74) is 0.656. The molecule has 1 amide bonds. The molecular weight excluding hydrogens is 363 g/mol. The van der Waals surface area contributed by atoms with Gasteiger partial charge in [-0.15, -0.1) is 0 Å². The first-order chi connectivity index (χ1) is 9.84. The number of hydrogen-bond donors (Lipinski definition) is 0. The van der Waals surface area contributed by atoms with Crippen LogP contribution in [0.3, 0.4) is 0 Å². The molecule has 2 fully saturated rings. The smallest absolute Gasteiger partial charge is 0.358 e. The average molecular weight is 397 g/mol. The van der Waals surface area contributed by atoms with Crippen molar-refractivity contribution in [2.24, 2.45) is 3.34 Å². The van der Waals surface area contributed by atoms with Gasteiger partial charge in [-0.05, 0) is 0 Å². The molecular formula is C20H34NNbO-3. The maximum absolute atomic E-state index is 10.9. The van der Waals surface area contributed by atoms with E-state index < -0.39 is 0 Å². The first-order valence-electron chi connectivity index (χ1n) is 7.79. The molecule has 2 nitrogen and oxygen atoms in total. The maximum atomic E-state index is 10.9. The van der Waals surface area contributed by atoms with Crippen LogP contribution >= 0.6 is 0 Å². The largest absolute Gasteiger partial charge is 0.358 e. The minimum Gasteiger partial charge on any atom is -0.358 e. The summed E-state index contributed by atoms with van der Waals surface area (Å²) in [5, 5.41) is 0. The van der Waals surface area contributed by atoms with Gasteiger partial charge < -0.3 is 22.3 Å². The molecule has 0 unspecified atom stereocenters. The molecule has 0 spiro atoms. The molecule has 3 rings (SSSR count). The van der Waals surface area contributed by atoms with Gasteiger partial charge in [0.2, 0.25) is 0 Å². The van der Waals surface area contributed by atoms with Crippen molar-refractivity contribution in [3.8, 4) is 0 Å². The van der Waals surface area contributed by atoms with Gasteiger partial charge in [0.25, 0.3) is 0 Å². The van der Waals surface area contributed by atoms with Gasteiger partial charge in [-0.3, -0.25) is 0 Å². The quantitative estimate of drug-likeness (QED) is 0.378. The summed E-state index contributed by atoms with van der Waals surface area (Å²) in [7, 11) is 0. The predicted molar refractivity (Wildman–Crippen MR) is 98.6 cm³/mol. The van der Waals surface area contributed by atoms with Gasteiger partial charge in [-0.25, -0.2) is 0 Å². The molecule has 3 heteroatoms. The van der Waals surface area contributed by atoms with Crippen LogP contribution in [-0.2, 0) is 20.9 Å². The minimum atomic E-state index is -0.144. The average Bonchev–Trinajstić information content (AvgIpc) is 3.24. The van der Waals surface area contributed by atoms with Crippen molar-refractivity contribution in [2.45, 2.75) is 64.2 Å². The van der Waals surface area contributed by atoms with Gasteiger partial charge in [0.05, 0.1) is 0 Å². The predicted octanol–water partition coefficient (Wildman–Crippen LogP) is 6.81. The van der Waals surface area contributed by atoms with E-state index in [0.717, 1.165) is 0 Å². The second-order valence-corrected chi connectivity index (χ2v) is 5.80. The Morgan fingerprint density at radius 1 is 0.696 bits per heavy atom. The number of carbonyl (C=O) groups is 1. The SMILES string of the molecule is C1CCCC1.C1CCCC1.O=C([N]=[Nb])c1ccccc1.[CH3-].[CH3-].[CH3-]. The van der Waals surface area contributed by atoms with Crippen LogP contribution in [0.5, 0.6) is 0 Å². The minimum absolute atomic E-state index is 0. The van der Waals surface area contributed by atoms with E-state index in [0.29, 0.717) is 5.56 Å². The van der Waals surface area contributed by atoms with Crippen LogP contribution < -0.4 is 0 Å². The maximum Gasteiger partial charge on any atom is -0.358 e. The molecule has 23 heavy (non-hydrogen) atoms. The number of nitrogens with zero attached hydrogens (tertiary/aromatic N) is 1. The second-order valence-electron chi connectivity index (χ2n) is 5.31. The van der Waals surface area contributed by atoms with Gasteiger partial charge in [-0.1, -0.05) is 64.2 Å². The third-order valence-corrected chi connectivity index (χ3v) is 4.06. The molecule has 0 atom stereocenters. The molecule has 0 N–H and O–H groups in total. The number of carbonyl (C=O) groups excluding carboxylic acids is 1. The summed E-state index contributed by atoms with van der Waals surface area (Å²) in [4.78, 5) is 10.9. The van der Waals surface area contributed by atoms with Crippen LogP contribution in [0.25, 0.3) is 0 Å². The van der Waals surface area contributed by atoms with E-state index in [9.17, 15) is 4.79 Å². The Bertz CT molecular complexity index is 345. The van der Waals surface area contributed by atoms with Crippen LogP contribution in [0.2, 0.25) is 0 Å². The van der Waals surface area contributed by atoms with E-state index >= 15 is 0 Å². The Morgan fingerprint density at radius 3 is 1.26 bits per heavy atom. The standard InChI is InChI=1S/C7H5NO.2C5H10.3CH3.Nb/c8-7(9)6-4-2-1-3-5-6;2*1-2-4-5-3-1;;;;/h1-5H;2*1-5H2;3*1H3;/q;;;3*-1;. The fourth-order valence-corrected chi connectivity index (χ4v) is 2.69. The molecule has 2 aliphatic rings. The van der Waals surface area contributed by atoms with Crippen molar-refractivity contribution in [3.05, 3.63) is 58.2 Å². The second kappa shape index (κ2) is 19.5. The summed E-state index contributed by atoms with van der Waals surface area (Å²) in [6, 6.07) is 9.03. The van der Waals surface area contributed by atoms with Crippen LogP contribution in [-0.4, -0.2) is 5.91 Å². The van der Waals surface area contributed by atoms with Gasteiger partial charge in [0.15, 0.2) is 0 Å². The molecule has 2 aliphatic carbocycles. The van der Waals surface area contributed by atoms with Crippen molar-refractivity contribution >= 4 is 5.91 Å². The monoisotopic (exact) mass is 397 g/mol. The van der Waals surface area contributed by atoms with Crippen molar-refractivity contribution in [3.63, 3.8) is 0 Å². The molecule has 133 valence electrons. The van der Waals surface area contributed by atoms with E-state index in [2.05, 4.69) is 3.34 Å². The van der Waals surface area contributed by atoms with E-state index in [-0.39, 0.29) is 28.2 Å². The Hall–Kier alpha value is -0.570. The van der Waals surface area contributed by atoms with E-state index in [4.69, 9.17) is 0 Å². The fourth-order valence-electron chi connectivity index (χ4n) is 2.41. The van der Waals surface area contributed by atoms with Gasteiger partial charge in [0.1, 0.15) is 0 Å². The Kier molecular flexibility index (Phi) is 23.1. The number of hydrogen-bond acceptors (Lipinski definition) is 1. The van der Waals surface area contributed by atoms with Crippen molar-refractivity contribution in [1.29, 1.82) is 0 Å². The first-order valence-corrected chi connectivity index (χ1v) is 8.77. The summed E-state index contributed by atoms with van der Waals surface area (Å²) < 4.78 is 3.57. The number of amides is 1. The molecule has 0 bridgehead atoms. The molecule has 0 aromatic heterocycles. The van der Waals surface area contributed by atoms with Crippen LogP contribution in [0.1, 0.15) is 74.6 Å². The third kappa shape index (κ3) is 14.7. The Labute approximate surface area is 157 Å². The first kappa shape index (κ1) is 27.3. The molecule has 1 aromatic rings. The van der Waals surface area contributed by atoms with Crippen LogP contribution in [0, 0.1) is 22.3 Å². The van der Waals surface area contributed by atoms with E-state index in [1.807, 2.05) is 18.2 Å². The Balaban J connectivity index is -0.000000265. The molecule has 2 saturated carbocycles. The topological polar surface area (TPSA) is 29.4 Å². The molecule has 0 heterocycles. The van der Waals surface area contributed by atoms with Crippen molar-refractivity contribution in [2.75, 3.05) is 0 Å². The normalized spacial score (nSPS) is 14.2. The van der Waals surface area contributed by atoms with Crippen LogP contribution in [0.4, 0.5) is 0 Å². The van der Waals surface area contributed by atoms with Gasteiger partial charge in [0, 0.05) is 0 Å². The van der Waals surface area contributed by atoms with Crippen molar-refractivity contribution < 1.29 is 25.7 Å². The summed E-state index contributed by atoms with van der Waals surface area (Å²) in [5.74, 6) is -0.144. The summed E-state index contributed by atoms with van der Waals surface area (Å²) in [6.45, 7) is 0. The molecule has 0 radical (unpaired) electrons. The number of benzene rings is 1. The molecule has 0 aliphatic heterocycles. The third-order valence-electron chi connectivity index (χ3n) is 3.61. The van der Waals surface area contributed by atoms with Gasteiger partial charge >= 0.3 is 70.8 Å². The zero-order valence-corrected chi connectivity index (χ0v) is 17.5. The summed E-state index contributed by atoms with van der Waals surface area (Å²) in [6.07, 6.45) is 15.0.